The van der Waals surface area contributed by atoms with Gasteiger partial charge in [0, 0.05) is 5.69 Å². The van der Waals surface area contributed by atoms with E-state index in [1.54, 1.807) is 18.2 Å². The van der Waals surface area contributed by atoms with E-state index in [0.29, 0.717) is 11.3 Å². The maximum absolute atomic E-state index is 12.1. The Kier molecular flexibility index (Phi) is 4.24. The summed E-state index contributed by atoms with van der Waals surface area (Å²) in [6.07, 6.45) is 6.90. The molecule has 1 aliphatic carbocycles. The van der Waals surface area contributed by atoms with Crippen LogP contribution < -0.4 is 5.73 Å². The van der Waals surface area contributed by atoms with Gasteiger partial charge in [-0.2, -0.15) is 0 Å². The molecule has 98 valence electrons. The molecule has 2 rings (SSSR count). The summed E-state index contributed by atoms with van der Waals surface area (Å²) >= 11 is 0. The number of hydrogen-bond acceptors (Lipinski definition) is 3. The van der Waals surface area contributed by atoms with Crippen LogP contribution >= 0.6 is 0 Å². The number of nitrogen functional groups attached to an aromatic ring is 1. The Bertz CT molecular complexity index is 421. The third kappa shape index (κ3) is 3.03. The van der Waals surface area contributed by atoms with Crippen molar-refractivity contribution >= 4 is 11.7 Å². The second-order valence-corrected chi connectivity index (χ2v) is 5.04. The van der Waals surface area contributed by atoms with Gasteiger partial charge >= 0.3 is 5.97 Å². The number of carbonyl (C=O) groups excluding carboxylic acids is 1. The number of nitrogens with two attached hydrogens (primary N) is 1. The maximum Gasteiger partial charge on any atom is 0.338 e. The van der Waals surface area contributed by atoms with Crippen LogP contribution in [0.2, 0.25) is 0 Å². The van der Waals surface area contributed by atoms with Crippen LogP contribution in [0, 0.1) is 6.92 Å². The molecule has 1 fully saturated rings. The number of ether oxygens (including phenoxy) is 1. The minimum absolute atomic E-state index is 0.0841. The summed E-state index contributed by atoms with van der Waals surface area (Å²) in [7, 11) is 0. The summed E-state index contributed by atoms with van der Waals surface area (Å²) in [5.41, 5.74) is 7.87. The molecule has 0 heterocycles. The van der Waals surface area contributed by atoms with E-state index >= 15 is 0 Å². The summed E-state index contributed by atoms with van der Waals surface area (Å²) in [5.74, 6) is -0.230. The van der Waals surface area contributed by atoms with Gasteiger partial charge in [-0.25, -0.2) is 4.79 Å². The van der Waals surface area contributed by atoms with E-state index in [9.17, 15) is 4.79 Å². The van der Waals surface area contributed by atoms with E-state index in [1.807, 2.05) is 6.92 Å². The lowest BCUT2D eigenvalue weighted by molar-refractivity contribution is 0.0266. The van der Waals surface area contributed by atoms with Crippen molar-refractivity contribution in [2.75, 3.05) is 5.73 Å². The van der Waals surface area contributed by atoms with Crippen molar-refractivity contribution in [2.24, 2.45) is 0 Å². The molecular weight excluding hydrogens is 226 g/mol. The van der Waals surface area contributed by atoms with Crippen LogP contribution in [0.25, 0.3) is 0 Å². The topological polar surface area (TPSA) is 52.3 Å². The molecule has 3 heteroatoms. The standard InChI is InChI=1S/C15H21NO2/c1-11-13(9-6-10-14(11)16)15(17)18-12-7-4-2-3-5-8-12/h6,9-10,12H,2-5,7-8,16H2,1H3. The first-order valence-corrected chi connectivity index (χ1v) is 6.74. The minimum atomic E-state index is -0.230. The Morgan fingerprint density at radius 1 is 1.22 bits per heavy atom. The van der Waals surface area contributed by atoms with Gasteiger partial charge in [-0.05, 0) is 50.3 Å². The minimum Gasteiger partial charge on any atom is -0.459 e. The van der Waals surface area contributed by atoms with Crippen LogP contribution in [0.15, 0.2) is 18.2 Å². The maximum atomic E-state index is 12.1. The van der Waals surface area contributed by atoms with E-state index < -0.39 is 0 Å². The first-order chi connectivity index (χ1) is 8.68. The third-order valence-electron chi connectivity index (χ3n) is 3.67. The second kappa shape index (κ2) is 5.89. The van der Waals surface area contributed by atoms with Crippen molar-refractivity contribution in [1.29, 1.82) is 0 Å². The Morgan fingerprint density at radius 3 is 2.56 bits per heavy atom. The molecule has 0 amide bonds. The molecule has 1 aromatic carbocycles. The monoisotopic (exact) mass is 247 g/mol. The van der Waals surface area contributed by atoms with E-state index in [2.05, 4.69) is 0 Å². The lowest BCUT2D eigenvalue weighted by Gasteiger charge is -2.16. The smallest absolute Gasteiger partial charge is 0.338 e. The molecular formula is C15H21NO2. The number of esters is 1. The molecule has 0 saturated heterocycles. The highest BCUT2D eigenvalue weighted by molar-refractivity contribution is 5.92. The fourth-order valence-electron chi connectivity index (χ4n) is 2.45. The molecule has 1 saturated carbocycles. The van der Waals surface area contributed by atoms with Gasteiger partial charge in [0.1, 0.15) is 6.10 Å². The predicted molar refractivity (Wildman–Crippen MR) is 72.5 cm³/mol. The van der Waals surface area contributed by atoms with Crippen LogP contribution in [-0.2, 0) is 4.74 Å². The number of rotatable bonds is 2. The number of benzene rings is 1. The van der Waals surface area contributed by atoms with E-state index in [-0.39, 0.29) is 12.1 Å². The molecule has 2 N–H and O–H groups in total. The summed E-state index contributed by atoms with van der Waals surface area (Å²) < 4.78 is 5.60. The van der Waals surface area contributed by atoms with Gasteiger partial charge in [0.25, 0.3) is 0 Å². The Labute approximate surface area is 108 Å². The van der Waals surface area contributed by atoms with Crippen LogP contribution in [0.4, 0.5) is 5.69 Å². The SMILES string of the molecule is Cc1c(N)cccc1C(=O)OC1CCCCCC1. The zero-order valence-corrected chi connectivity index (χ0v) is 10.9. The van der Waals surface area contributed by atoms with Crippen LogP contribution in [0.3, 0.4) is 0 Å². The normalized spacial score (nSPS) is 17.2. The Morgan fingerprint density at radius 2 is 1.89 bits per heavy atom. The zero-order chi connectivity index (χ0) is 13.0. The lowest BCUT2D eigenvalue weighted by Crippen LogP contribution is -2.18. The third-order valence-corrected chi connectivity index (χ3v) is 3.67. The van der Waals surface area contributed by atoms with E-state index in [1.165, 1.54) is 12.8 Å². The average molecular weight is 247 g/mol. The van der Waals surface area contributed by atoms with Gasteiger partial charge in [-0.3, -0.25) is 0 Å². The molecule has 0 aromatic heterocycles. The first-order valence-electron chi connectivity index (χ1n) is 6.74. The molecule has 0 bridgehead atoms. The fourth-order valence-corrected chi connectivity index (χ4v) is 2.45. The molecule has 0 atom stereocenters. The van der Waals surface area contributed by atoms with Gasteiger partial charge < -0.3 is 10.5 Å². The van der Waals surface area contributed by atoms with Crippen LogP contribution in [0.5, 0.6) is 0 Å². The van der Waals surface area contributed by atoms with Crippen LogP contribution in [-0.4, -0.2) is 12.1 Å². The summed E-state index contributed by atoms with van der Waals surface area (Å²) in [6.45, 7) is 1.86. The van der Waals surface area contributed by atoms with Crippen molar-refractivity contribution in [3.05, 3.63) is 29.3 Å². The van der Waals surface area contributed by atoms with E-state index in [4.69, 9.17) is 10.5 Å². The highest BCUT2D eigenvalue weighted by atomic mass is 16.5. The van der Waals surface area contributed by atoms with Crippen molar-refractivity contribution < 1.29 is 9.53 Å². The highest BCUT2D eigenvalue weighted by Gasteiger charge is 2.19. The summed E-state index contributed by atoms with van der Waals surface area (Å²) in [6, 6.07) is 5.38. The highest BCUT2D eigenvalue weighted by Crippen LogP contribution is 2.22. The largest absolute Gasteiger partial charge is 0.459 e. The van der Waals surface area contributed by atoms with Gasteiger partial charge in [-0.1, -0.05) is 18.9 Å². The van der Waals surface area contributed by atoms with Crippen LogP contribution in [0.1, 0.15) is 54.4 Å². The second-order valence-electron chi connectivity index (χ2n) is 5.04. The number of carbonyl (C=O) groups is 1. The number of hydrogen-bond donors (Lipinski definition) is 1. The zero-order valence-electron chi connectivity index (χ0n) is 10.9. The average Bonchev–Trinajstić information content (AvgIpc) is 2.61. The Hall–Kier alpha value is -1.51. The molecule has 1 aromatic rings. The van der Waals surface area contributed by atoms with Gasteiger partial charge in [-0.15, -0.1) is 0 Å². The molecule has 3 nitrogen and oxygen atoms in total. The molecule has 18 heavy (non-hydrogen) atoms. The van der Waals surface area contributed by atoms with Gasteiger partial charge in [0.15, 0.2) is 0 Å². The quantitative estimate of drug-likeness (QED) is 0.494. The van der Waals surface area contributed by atoms with Crippen molar-refractivity contribution in [3.63, 3.8) is 0 Å². The molecule has 0 radical (unpaired) electrons. The number of anilines is 1. The van der Waals surface area contributed by atoms with Gasteiger partial charge in [0.2, 0.25) is 0 Å². The summed E-state index contributed by atoms with van der Waals surface area (Å²) in [5, 5.41) is 0. The first kappa shape index (κ1) is 12.9. The summed E-state index contributed by atoms with van der Waals surface area (Å²) in [4.78, 5) is 12.1. The molecule has 0 spiro atoms. The molecule has 1 aliphatic rings. The van der Waals surface area contributed by atoms with Crippen molar-refractivity contribution in [3.8, 4) is 0 Å². The molecule has 0 aliphatic heterocycles. The fraction of sp³-hybridized carbons (Fsp3) is 0.533. The lowest BCUT2D eigenvalue weighted by atomic mass is 10.1. The Balaban J connectivity index is 2.04. The van der Waals surface area contributed by atoms with Gasteiger partial charge in [0.05, 0.1) is 5.56 Å². The van der Waals surface area contributed by atoms with Crippen molar-refractivity contribution in [1.82, 2.24) is 0 Å². The predicted octanol–water partition coefficient (Wildman–Crippen LogP) is 3.46. The molecule has 0 unspecified atom stereocenters. The van der Waals surface area contributed by atoms with E-state index in [0.717, 1.165) is 31.2 Å². The van der Waals surface area contributed by atoms with Crippen molar-refractivity contribution in [2.45, 2.75) is 51.6 Å².